The Hall–Kier alpha value is -5.03. The van der Waals surface area contributed by atoms with E-state index in [1.165, 1.54) is 0 Å². The zero-order valence-electron chi connectivity index (χ0n) is 21.6. The number of hydrogen-bond donors (Lipinski definition) is 2. The zero-order valence-corrected chi connectivity index (χ0v) is 22.4. The molecule has 0 bridgehead atoms. The van der Waals surface area contributed by atoms with Crippen molar-refractivity contribution in [2.45, 2.75) is 23.3 Å². The highest BCUT2D eigenvalue weighted by Gasteiger charge is 2.31. The van der Waals surface area contributed by atoms with E-state index in [0.29, 0.717) is 5.56 Å². The first-order valence-electron chi connectivity index (χ1n) is 12.7. The Balaban J connectivity index is 1.30. The third-order valence-corrected chi connectivity index (χ3v) is 8.19. The molecule has 0 spiro atoms. The lowest BCUT2D eigenvalue weighted by Gasteiger charge is -2.20. The number of benzene rings is 4. The largest absolute Gasteiger partial charge is 0.449 e. The van der Waals surface area contributed by atoms with Crippen molar-refractivity contribution in [1.29, 1.82) is 0 Å². The van der Waals surface area contributed by atoms with Crippen LogP contribution in [0.5, 0.6) is 0 Å². The number of non-ortho nitro benzene ring substituents is 1. The molecule has 1 aliphatic rings. The minimum atomic E-state index is -4.38. The van der Waals surface area contributed by atoms with Crippen molar-refractivity contribution in [1.82, 2.24) is 10.0 Å². The maximum absolute atomic E-state index is 13.2. The monoisotopic (exact) mass is 571 g/mol. The van der Waals surface area contributed by atoms with Crippen LogP contribution in [0.2, 0.25) is 0 Å². The lowest BCUT2D eigenvalue weighted by atomic mass is 9.98. The highest BCUT2D eigenvalue weighted by atomic mass is 32.2. The molecule has 0 aromatic heterocycles. The smallest absolute Gasteiger partial charge is 0.407 e. The summed E-state index contributed by atoms with van der Waals surface area (Å²) >= 11 is 0. The number of carbonyl (C=O) groups is 2. The molecule has 41 heavy (non-hydrogen) atoms. The fourth-order valence-electron chi connectivity index (χ4n) is 4.85. The van der Waals surface area contributed by atoms with Crippen LogP contribution in [0.4, 0.5) is 10.5 Å². The maximum Gasteiger partial charge on any atom is 0.407 e. The van der Waals surface area contributed by atoms with E-state index in [-0.39, 0.29) is 29.5 Å². The van der Waals surface area contributed by atoms with Gasteiger partial charge in [-0.15, -0.1) is 0 Å². The summed E-state index contributed by atoms with van der Waals surface area (Å²) in [4.78, 5) is 36.0. The minimum Gasteiger partial charge on any atom is -0.449 e. The summed E-state index contributed by atoms with van der Waals surface area (Å²) < 4.78 is 33.2. The summed E-state index contributed by atoms with van der Waals surface area (Å²) in [5, 5.41) is 13.4. The molecule has 208 valence electrons. The number of hydrogen-bond acceptors (Lipinski definition) is 7. The third-order valence-electron chi connectivity index (χ3n) is 6.83. The Morgan fingerprint density at radius 1 is 0.829 bits per heavy atom. The molecule has 0 saturated carbocycles. The number of ether oxygens (including phenoxy) is 1. The first kappa shape index (κ1) is 27.5. The highest BCUT2D eigenvalue weighted by molar-refractivity contribution is 7.90. The number of nitrogens with zero attached hydrogens (tertiary/aromatic N) is 1. The molecule has 2 amide bonds. The van der Waals surface area contributed by atoms with Gasteiger partial charge in [-0.25, -0.2) is 17.9 Å². The molecular weight excluding hydrogens is 546 g/mol. The average molecular weight is 572 g/mol. The van der Waals surface area contributed by atoms with Crippen molar-refractivity contribution in [3.63, 3.8) is 0 Å². The average Bonchev–Trinajstić information content (AvgIpc) is 3.29. The zero-order chi connectivity index (χ0) is 29.0. The lowest BCUT2D eigenvalue weighted by molar-refractivity contribution is -0.384. The van der Waals surface area contributed by atoms with Gasteiger partial charge in [0.2, 0.25) is 0 Å². The van der Waals surface area contributed by atoms with Gasteiger partial charge in [-0.1, -0.05) is 78.9 Å². The summed E-state index contributed by atoms with van der Waals surface area (Å²) in [6.07, 6.45) is -0.886. The normalized spacial score (nSPS) is 13.0. The van der Waals surface area contributed by atoms with Crippen molar-refractivity contribution in [2.24, 2.45) is 0 Å². The van der Waals surface area contributed by atoms with Crippen LogP contribution >= 0.6 is 0 Å². The van der Waals surface area contributed by atoms with E-state index in [9.17, 15) is 28.1 Å². The number of carbonyl (C=O) groups excluding carboxylic acids is 2. The van der Waals surface area contributed by atoms with Crippen LogP contribution in [0.1, 0.15) is 22.6 Å². The summed E-state index contributed by atoms with van der Waals surface area (Å²) in [5.41, 5.74) is 4.56. The van der Waals surface area contributed by atoms with E-state index in [1.54, 1.807) is 30.3 Å². The minimum absolute atomic E-state index is 0.00729. The molecule has 0 aliphatic heterocycles. The van der Waals surface area contributed by atoms with Crippen LogP contribution in [0.3, 0.4) is 0 Å². The second-order valence-corrected chi connectivity index (χ2v) is 11.1. The van der Waals surface area contributed by atoms with E-state index >= 15 is 0 Å². The van der Waals surface area contributed by atoms with Crippen LogP contribution < -0.4 is 10.0 Å². The Labute approximate surface area is 236 Å². The van der Waals surface area contributed by atoms with Gasteiger partial charge in [0.05, 0.1) is 9.82 Å². The molecule has 0 unspecified atom stereocenters. The van der Waals surface area contributed by atoms with Crippen LogP contribution in [0.25, 0.3) is 11.1 Å². The highest BCUT2D eigenvalue weighted by Crippen LogP contribution is 2.44. The number of nitrogens with one attached hydrogen (secondary N) is 2. The van der Waals surface area contributed by atoms with Gasteiger partial charge in [0.1, 0.15) is 12.6 Å². The second kappa shape index (κ2) is 11.6. The van der Waals surface area contributed by atoms with Crippen molar-refractivity contribution < 1.29 is 27.7 Å². The van der Waals surface area contributed by atoms with Crippen molar-refractivity contribution in [2.75, 3.05) is 6.61 Å². The molecule has 5 rings (SSSR count). The number of fused-ring (bicyclic) bond motifs is 3. The SMILES string of the molecule is O=C(N[C@H](Cc1ccccc1)C(=O)NS(=O)(=O)c1ccc([N+](=O)[O-])cc1)OCC1c2ccccc2-c2ccccc21. The molecule has 2 N–H and O–H groups in total. The fraction of sp³-hybridized carbons (Fsp3) is 0.133. The van der Waals surface area contributed by atoms with Crippen molar-refractivity contribution in [3.8, 4) is 11.1 Å². The number of nitro benzene ring substituents is 1. The molecule has 4 aromatic carbocycles. The van der Waals surface area contributed by atoms with Crippen LogP contribution in [-0.2, 0) is 26.0 Å². The molecule has 1 aliphatic carbocycles. The quantitative estimate of drug-likeness (QED) is 0.221. The van der Waals surface area contributed by atoms with E-state index in [1.807, 2.05) is 53.3 Å². The van der Waals surface area contributed by atoms with Crippen molar-refractivity contribution >= 4 is 27.7 Å². The molecule has 10 nitrogen and oxygen atoms in total. The Morgan fingerprint density at radius 2 is 1.39 bits per heavy atom. The summed E-state index contributed by atoms with van der Waals surface area (Å²) in [6, 6.07) is 27.3. The van der Waals surface area contributed by atoms with E-state index in [4.69, 9.17) is 4.74 Å². The predicted molar refractivity (Wildman–Crippen MR) is 151 cm³/mol. The lowest BCUT2D eigenvalue weighted by Crippen LogP contribution is -2.49. The van der Waals surface area contributed by atoms with Gasteiger partial charge in [-0.3, -0.25) is 14.9 Å². The van der Waals surface area contributed by atoms with Crippen LogP contribution in [-0.4, -0.2) is 38.0 Å². The van der Waals surface area contributed by atoms with Gasteiger partial charge in [-0.2, -0.15) is 0 Å². The molecule has 0 fully saturated rings. The number of rotatable bonds is 9. The first-order chi connectivity index (χ1) is 19.7. The van der Waals surface area contributed by atoms with Crippen LogP contribution in [0.15, 0.2) is 108 Å². The number of alkyl carbamates (subject to hydrolysis) is 1. The van der Waals surface area contributed by atoms with E-state index < -0.39 is 33.0 Å². The molecule has 4 aromatic rings. The van der Waals surface area contributed by atoms with Gasteiger partial charge >= 0.3 is 6.09 Å². The molecule has 0 radical (unpaired) electrons. The van der Waals surface area contributed by atoms with E-state index in [0.717, 1.165) is 46.5 Å². The molecule has 1 atom stereocenters. The predicted octanol–water partition coefficient (Wildman–Crippen LogP) is 4.55. The van der Waals surface area contributed by atoms with Crippen molar-refractivity contribution in [3.05, 3.63) is 130 Å². The summed E-state index contributed by atoms with van der Waals surface area (Å²) in [7, 11) is -4.38. The fourth-order valence-corrected chi connectivity index (χ4v) is 5.87. The first-order valence-corrected chi connectivity index (χ1v) is 14.2. The van der Waals surface area contributed by atoms with Gasteiger partial charge in [0.15, 0.2) is 0 Å². The van der Waals surface area contributed by atoms with Gasteiger partial charge in [0, 0.05) is 24.5 Å². The summed E-state index contributed by atoms with van der Waals surface area (Å²) in [5.74, 6) is -1.18. The van der Waals surface area contributed by atoms with Gasteiger partial charge < -0.3 is 10.1 Å². The van der Waals surface area contributed by atoms with Gasteiger partial charge in [-0.05, 0) is 39.9 Å². The Kier molecular flexibility index (Phi) is 7.79. The molecule has 0 heterocycles. The standard InChI is InChI=1S/C30H25N3O7S/c34-29(32-41(38,39)22-16-14-21(15-17-22)33(36)37)28(18-20-8-2-1-3-9-20)31-30(35)40-19-27-25-12-6-4-10-23(25)24-11-5-7-13-26(24)27/h1-17,27-28H,18-19H2,(H,31,35)(H,32,34)/t28-/m1/s1. The summed E-state index contributed by atoms with van der Waals surface area (Å²) in [6.45, 7) is 0.0145. The molecule has 0 saturated heterocycles. The number of amides is 2. The number of sulfonamides is 1. The Bertz CT molecular complexity index is 1660. The Morgan fingerprint density at radius 3 is 1.98 bits per heavy atom. The topological polar surface area (TPSA) is 145 Å². The maximum atomic E-state index is 13.2. The number of nitro groups is 1. The van der Waals surface area contributed by atoms with Gasteiger partial charge in [0.25, 0.3) is 21.6 Å². The second-order valence-electron chi connectivity index (χ2n) is 9.43. The van der Waals surface area contributed by atoms with Crippen LogP contribution in [0, 0.1) is 10.1 Å². The molecular formula is C30H25N3O7S. The third kappa shape index (κ3) is 6.10. The molecule has 11 heteroatoms. The van der Waals surface area contributed by atoms with E-state index in [2.05, 4.69) is 5.32 Å².